The van der Waals surface area contributed by atoms with Crippen molar-refractivity contribution in [2.24, 2.45) is 0 Å². The molecule has 2 aliphatic heterocycles. The first-order valence-electron chi connectivity index (χ1n) is 6.40. The summed E-state index contributed by atoms with van der Waals surface area (Å²) in [6.07, 6.45) is -7.36. The van der Waals surface area contributed by atoms with Crippen molar-refractivity contribution in [1.82, 2.24) is 10.2 Å². The average Bonchev–Trinajstić information content (AvgIpc) is 2.79. The highest BCUT2D eigenvalue weighted by Gasteiger charge is 2.38. The van der Waals surface area contributed by atoms with Gasteiger partial charge in [-0.2, -0.15) is 26.3 Å². The van der Waals surface area contributed by atoms with Crippen LogP contribution in [0.2, 0.25) is 0 Å². The van der Waals surface area contributed by atoms with E-state index >= 15 is 0 Å². The summed E-state index contributed by atoms with van der Waals surface area (Å²) in [6.45, 7) is 5.18. The van der Waals surface area contributed by atoms with Gasteiger partial charge in [0, 0.05) is 12.6 Å². The van der Waals surface area contributed by atoms with Crippen molar-refractivity contribution in [3.63, 3.8) is 0 Å². The zero-order valence-electron chi connectivity index (χ0n) is 11.7. The van der Waals surface area contributed by atoms with E-state index in [4.69, 9.17) is 19.8 Å². The van der Waals surface area contributed by atoms with E-state index < -0.39 is 24.3 Å². The summed E-state index contributed by atoms with van der Waals surface area (Å²) in [5.41, 5.74) is 0. The van der Waals surface area contributed by atoms with Crippen molar-refractivity contribution in [1.29, 1.82) is 0 Å². The fraction of sp³-hybridized carbons (Fsp3) is 0.818. The Morgan fingerprint density at radius 1 is 0.957 bits per heavy atom. The van der Waals surface area contributed by atoms with Gasteiger partial charge in [-0.25, -0.2) is 9.59 Å². The van der Waals surface area contributed by atoms with Crippen molar-refractivity contribution in [3.8, 4) is 0 Å². The Morgan fingerprint density at radius 3 is 1.52 bits per heavy atom. The number of carboxylic acids is 2. The van der Waals surface area contributed by atoms with Crippen LogP contribution >= 0.6 is 0 Å². The van der Waals surface area contributed by atoms with Crippen LogP contribution in [0.25, 0.3) is 0 Å². The number of carboxylic acid groups (broad SMARTS) is 2. The van der Waals surface area contributed by atoms with E-state index in [9.17, 15) is 26.3 Å². The Balaban J connectivity index is 0.000000322. The number of carbonyl (C=O) groups is 2. The van der Waals surface area contributed by atoms with E-state index in [1.54, 1.807) is 0 Å². The van der Waals surface area contributed by atoms with Crippen molar-refractivity contribution < 1.29 is 46.1 Å². The summed E-state index contributed by atoms with van der Waals surface area (Å²) in [6, 6.07) is 0.888. The first kappa shape index (κ1) is 21.4. The molecule has 0 aromatic rings. The molecule has 6 nitrogen and oxygen atoms in total. The summed E-state index contributed by atoms with van der Waals surface area (Å²) in [5, 5.41) is 17.6. The molecule has 2 saturated heterocycles. The minimum absolute atomic E-state index is 0.888. The van der Waals surface area contributed by atoms with Crippen molar-refractivity contribution in [3.05, 3.63) is 0 Å². The second kappa shape index (κ2) is 8.91. The number of hydrogen-bond donors (Lipinski definition) is 3. The van der Waals surface area contributed by atoms with Crippen molar-refractivity contribution in [2.45, 2.75) is 31.2 Å². The number of nitrogens with zero attached hydrogens (tertiary/aromatic N) is 1. The second-order valence-electron chi connectivity index (χ2n) is 4.64. The van der Waals surface area contributed by atoms with Gasteiger partial charge in [0.25, 0.3) is 0 Å². The average molecular weight is 354 g/mol. The van der Waals surface area contributed by atoms with Gasteiger partial charge in [0.1, 0.15) is 0 Å². The predicted molar refractivity (Wildman–Crippen MR) is 64.8 cm³/mol. The Hall–Kier alpha value is -1.56. The lowest BCUT2D eigenvalue weighted by Crippen LogP contribution is -2.45. The fourth-order valence-electron chi connectivity index (χ4n) is 1.66. The lowest BCUT2D eigenvalue weighted by molar-refractivity contribution is -0.193. The third-order valence-corrected chi connectivity index (χ3v) is 2.93. The quantitative estimate of drug-likeness (QED) is 0.616. The lowest BCUT2D eigenvalue weighted by Gasteiger charge is -2.35. The molecule has 1 atom stereocenters. The van der Waals surface area contributed by atoms with E-state index in [1.807, 2.05) is 0 Å². The van der Waals surface area contributed by atoms with Gasteiger partial charge in [0.2, 0.25) is 0 Å². The highest BCUT2D eigenvalue weighted by atomic mass is 19.4. The number of likely N-dealkylation sites (tertiary alicyclic amines) is 1. The van der Waals surface area contributed by atoms with Crippen LogP contribution in [0.15, 0.2) is 0 Å². The van der Waals surface area contributed by atoms with Gasteiger partial charge in [0.05, 0.1) is 0 Å². The van der Waals surface area contributed by atoms with Gasteiger partial charge >= 0.3 is 24.3 Å². The molecule has 2 rings (SSSR count). The molecular formula is C11H16F6N2O4. The van der Waals surface area contributed by atoms with Crippen LogP contribution in [-0.2, 0) is 9.59 Å². The smallest absolute Gasteiger partial charge is 0.475 e. The Morgan fingerprint density at radius 2 is 1.35 bits per heavy atom. The molecule has 0 amide bonds. The third-order valence-electron chi connectivity index (χ3n) is 2.93. The Kier molecular flexibility index (Phi) is 8.31. The highest BCUT2D eigenvalue weighted by Crippen LogP contribution is 2.15. The van der Waals surface area contributed by atoms with Gasteiger partial charge in [-0.15, -0.1) is 0 Å². The second-order valence-corrected chi connectivity index (χ2v) is 4.64. The van der Waals surface area contributed by atoms with Gasteiger partial charge in [0.15, 0.2) is 0 Å². The molecule has 0 aromatic carbocycles. The molecule has 0 unspecified atom stereocenters. The Labute approximate surface area is 127 Å². The van der Waals surface area contributed by atoms with Crippen LogP contribution in [0.3, 0.4) is 0 Å². The predicted octanol–water partition coefficient (Wildman–Crippen LogP) is 1.32. The van der Waals surface area contributed by atoms with Crippen molar-refractivity contribution in [2.75, 3.05) is 26.2 Å². The Bertz CT molecular complexity index is 365. The zero-order chi connectivity index (χ0) is 18.3. The standard InChI is InChI=1S/C7H14N2.2C2HF3O2/c1-4-9(5-1)7-2-3-8-6-7;2*3-2(4,5)1(6)7/h7-8H,1-6H2;2*(H,6,7)/t7-;;/m0../s1. The minimum Gasteiger partial charge on any atom is -0.475 e. The van der Waals surface area contributed by atoms with E-state index in [1.165, 1.54) is 39.0 Å². The first-order valence-corrected chi connectivity index (χ1v) is 6.40. The van der Waals surface area contributed by atoms with E-state index in [2.05, 4.69) is 10.2 Å². The summed E-state index contributed by atoms with van der Waals surface area (Å²) in [5.74, 6) is -5.51. The van der Waals surface area contributed by atoms with Crippen LogP contribution in [0.4, 0.5) is 26.3 Å². The third kappa shape index (κ3) is 9.23. The number of hydrogen-bond acceptors (Lipinski definition) is 4. The summed E-state index contributed by atoms with van der Waals surface area (Å²) in [4.78, 5) is 20.4. The molecular weight excluding hydrogens is 338 g/mol. The van der Waals surface area contributed by atoms with Crippen molar-refractivity contribution >= 4 is 11.9 Å². The largest absolute Gasteiger partial charge is 0.490 e. The number of halogens is 6. The van der Waals surface area contributed by atoms with E-state index in [-0.39, 0.29) is 0 Å². The van der Waals surface area contributed by atoms with Gasteiger partial charge in [-0.3, -0.25) is 4.90 Å². The van der Waals surface area contributed by atoms with Crippen LogP contribution in [0.1, 0.15) is 12.8 Å². The SMILES string of the molecule is C1CN([C@H]2CCNC2)C1.O=C(O)C(F)(F)F.O=C(O)C(F)(F)F. The van der Waals surface area contributed by atoms with Crippen LogP contribution in [-0.4, -0.2) is 71.6 Å². The molecule has 3 N–H and O–H groups in total. The monoisotopic (exact) mass is 354 g/mol. The molecule has 0 saturated carbocycles. The number of rotatable bonds is 1. The summed E-state index contributed by atoms with van der Waals surface area (Å²) >= 11 is 0. The van der Waals surface area contributed by atoms with E-state index in [0.29, 0.717) is 0 Å². The molecule has 136 valence electrons. The maximum Gasteiger partial charge on any atom is 0.490 e. The number of alkyl halides is 6. The van der Waals surface area contributed by atoms with Gasteiger partial charge in [-0.1, -0.05) is 0 Å². The zero-order valence-corrected chi connectivity index (χ0v) is 11.7. The molecule has 2 aliphatic rings. The van der Waals surface area contributed by atoms with Gasteiger partial charge in [-0.05, 0) is 32.5 Å². The molecule has 0 spiro atoms. The molecule has 0 aliphatic carbocycles. The van der Waals surface area contributed by atoms with Crippen LogP contribution in [0.5, 0.6) is 0 Å². The molecule has 2 fully saturated rings. The maximum atomic E-state index is 10.6. The minimum atomic E-state index is -5.08. The topological polar surface area (TPSA) is 89.9 Å². The van der Waals surface area contributed by atoms with E-state index in [0.717, 1.165) is 6.04 Å². The molecule has 12 heteroatoms. The van der Waals surface area contributed by atoms with Crippen LogP contribution < -0.4 is 5.32 Å². The lowest BCUT2D eigenvalue weighted by atomic mass is 10.1. The molecule has 0 bridgehead atoms. The number of nitrogens with one attached hydrogen (secondary N) is 1. The molecule has 23 heavy (non-hydrogen) atoms. The first-order chi connectivity index (χ1) is 10.4. The fourth-order valence-corrected chi connectivity index (χ4v) is 1.66. The normalized spacial score (nSPS) is 21.2. The summed E-state index contributed by atoms with van der Waals surface area (Å²) in [7, 11) is 0. The molecule has 2 heterocycles. The highest BCUT2D eigenvalue weighted by molar-refractivity contribution is 5.73. The molecule has 0 radical (unpaired) electrons. The van der Waals surface area contributed by atoms with Gasteiger partial charge < -0.3 is 15.5 Å². The summed E-state index contributed by atoms with van der Waals surface area (Å²) < 4.78 is 63.5. The van der Waals surface area contributed by atoms with Crippen LogP contribution in [0, 0.1) is 0 Å². The molecule has 0 aromatic heterocycles. The maximum absolute atomic E-state index is 10.6. The number of aliphatic carboxylic acids is 2.